The van der Waals surface area contributed by atoms with E-state index in [9.17, 15) is 4.79 Å². The van der Waals surface area contributed by atoms with E-state index in [1.165, 1.54) is 0 Å². The van der Waals surface area contributed by atoms with Crippen LogP contribution in [0.5, 0.6) is 0 Å². The van der Waals surface area contributed by atoms with Gasteiger partial charge in [-0.3, -0.25) is 0 Å². The van der Waals surface area contributed by atoms with Gasteiger partial charge in [0.2, 0.25) is 0 Å². The van der Waals surface area contributed by atoms with E-state index in [1.54, 1.807) is 0 Å². The van der Waals surface area contributed by atoms with Crippen molar-refractivity contribution in [1.29, 1.82) is 0 Å². The van der Waals surface area contributed by atoms with E-state index in [0.717, 1.165) is 12.2 Å². The number of carbonyl (C=O) groups excluding carboxylic acids is 1. The van der Waals surface area contributed by atoms with Crippen LogP contribution in [-0.2, 0) is 22.6 Å². The molecule has 0 unspecified atom stereocenters. The van der Waals surface area contributed by atoms with Crippen LogP contribution in [0.25, 0.3) is 0 Å². The maximum absolute atomic E-state index is 11.8. The van der Waals surface area contributed by atoms with Crippen molar-refractivity contribution in [2.24, 2.45) is 0 Å². The Morgan fingerprint density at radius 2 is 2.25 bits per heavy atom. The minimum Gasteiger partial charge on any atom is -0.456 e. The van der Waals surface area contributed by atoms with Gasteiger partial charge >= 0.3 is 5.97 Å². The third kappa shape index (κ3) is 2.44. The first-order chi connectivity index (χ1) is 7.46. The number of hydrogen-bond donors (Lipinski definition) is 0. The zero-order chi connectivity index (χ0) is 11.8. The molecule has 1 aliphatic rings. The number of ether oxygens (including phenoxy) is 2. The Hall–Kier alpha value is -1.29. The molecule has 0 bridgehead atoms. The molecule has 0 saturated heterocycles. The zero-order valence-electron chi connectivity index (χ0n) is 9.95. The molecule has 1 aromatic rings. The van der Waals surface area contributed by atoms with Gasteiger partial charge in [-0.25, -0.2) is 4.79 Å². The third-order valence-corrected chi connectivity index (χ3v) is 2.35. The molecule has 2 heterocycles. The molecule has 0 N–H and O–H groups in total. The lowest BCUT2D eigenvalue weighted by Gasteiger charge is -2.18. The van der Waals surface area contributed by atoms with E-state index in [4.69, 9.17) is 9.47 Å². The predicted octanol–water partition coefficient (Wildman–Crippen LogP) is 1.97. The summed E-state index contributed by atoms with van der Waals surface area (Å²) in [5.41, 5.74) is 1.19. The largest absolute Gasteiger partial charge is 0.456 e. The maximum atomic E-state index is 11.8. The molecule has 0 fully saturated rings. The van der Waals surface area contributed by atoms with Crippen molar-refractivity contribution in [1.82, 2.24) is 4.57 Å². The van der Waals surface area contributed by atoms with Gasteiger partial charge in [-0.2, -0.15) is 0 Å². The fraction of sp³-hybridized carbons (Fsp3) is 0.583. The Morgan fingerprint density at radius 1 is 1.50 bits per heavy atom. The summed E-state index contributed by atoms with van der Waals surface area (Å²) in [5.74, 6) is -0.269. The highest BCUT2D eigenvalue weighted by molar-refractivity contribution is 5.89. The average molecular weight is 223 g/mol. The second-order valence-electron chi connectivity index (χ2n) is 4.97. The fourth-order valence-electron chi connectivity index (χ4n) is 1.67. The van der Waals surface area contributed by atoms with Crippen LogP contribution in [0.2, 0.25) is 0 Å². The van der Waals surface area contributed by atoms with E-state index in [2.05, 4.69) is 0 Å². The standard InChI is InChI=1S/C12H17NO3/c1-12(2,3)16-11(14)9-6-10-8-15-5-4-13(10)7-9/h6-7H,4-5,8H2,1-3H3. The Labute approximate surface area is 95.2 Å². The number of aromatic nitrogens is 1. The normalized spacial score (nSPS) is 15.7. The Bertz CT molecular complexity index is 377. The number of nitrogens with zero attached hydrogens (tertiary/aromatic N) is 1. The van der Waals surface area contributed by atoms with Crippen molar-refractivity contribution >= 4 is 5.97 Å². The molecule has 88 valence electrons. The maximum Gasteiger partial charge on any atom is 0.340 e. The van der Waals surface area contributed by atoms with Crippen LogP contribution in [0, 0.1) is 0 Å². The first-order valence-electron chi connectivity index (χ1n) is 5.46. The monoisotopic (exact) mass is 223 g/mol. The highest BCUT2D eigenvalue weighted by Crippen LogP contribution is 2.17. The molecular formula is C12H17NO3. The average Bonchev–Trinajstić information content (AvgIpc) is 2.58. The van der Waals surface area contributed by atoms with Gasteiger partial charge in [0.25, 0.3) is 0 Å². The Morgan fingerprint density at radius 3 is 2.88 bits per heavy atom. The molecule has 4 nitrogen and oxygen atoms in total. The molecule has 0 radical (unpaired) electrons. The van der Waals surface area contributed by atoms with E-state index in [1.807, 2.05) is 37.6 Å². The first kappa shape index (κ1) is 11.2. The molecule has 0 amide bonds. The van der Waals surface area contributed by atoms with Crippen molar-refractivity contribution in [2.75, 3.05) is 6.61 Å². The predicted molar refractivity (Wildman–Crippen MR) is 59.3 cm³/mol. The van der Waals surface area contributed by atoms with Crippen molar-refractivity contribution in [3.05, 3.63) is 23.5 Å². The van der Waals surface area contributed by atoms with Crippen molar-refractivity contribution in [3.8, 4) is 0 Å². The molecule has 0 aromatic carbocycles. The van der Waals surface area contributed by atoms with Crippen LogP contribution < -0.4 is 0 Å². The van der Waals surface area contributed by atoms with E-state index >= 15 is 0 Å². The van der Waals surface area contributed by atoms with Gasteiger partial charge in [0.05, 0.1) is 18.8 Å². The molecular weight excluding hydrogens is 206 g/mol. The smallest absolute Gasteiger partial charge is 0.340 e. The summed E-state index contributed by atoms with van der Waals surface area (Å²) in [5, 5.41) is 0. The summed E-state index contributed by atoms with van der Waals surface area (Å²) in [6.45, 7) is 7.67. The van der Waals surface area contributed by atoms with E-state index < -0.39 is 5.60 Å². The van der Waals surface area contributed by atoms with Crippen molar-refractivity contribution < 1.29 is 14.3 Å². The lowest BCUT2D eigenvalue weighted by molar-refractivity contribution is 0.00695. The lowest BCUT2D eigenvalue weighted by atomic mass is 10.2. The Kier molecular flexibility index (Phi) is 2.76. The molecule has 0 spiro atoms. The fourth-order valence-corrected chi connectivity index (χ4v) is 1.67. The molecule has 1 aromatic heterocycles. The molecule has 0 saturated carbocycles. The Balaban J connectivity index is 2.15. The number of esters is 1. The summed E-state index contributed by atoms with van der Waals surface area (Å²) < 4.78 is 12.7. The van der Waals surface area contributed by atoms with Gasteiger partial charge in [0.1, 0.15) is 5.60 Å². The van der Waals surface area contributed by atoms with Crippen LogP contribution in [-0.4, -0.2) is 22.7 Å². The third-order valence-electron chi connectivity index (χ3n) is 2.35. The summed E-state index contributed by atoms with van der Waals surface area (Å²) >= 11 is 0. The first-order valence-corrected chi connectivity index (χ1v) is 5.46. The summed E-state index contributed by atoms with van der Waals surface area (Å²) in [7, 11) is 0. The van der Waals surface area contributed by atoms with Crippen LogP contribution in [0.15, 0.2) is 12.3 Å². The number of hydrogen-bond acceptors (Lipinski definition) is 3. The molecule has 1 aliphatic heterocycles. The highest BCUT2D eigenvalue weighted by Gasteiger charge is 2.21. The summed E-state index contributed by atoms with van der Waals surface area (Å²) in [4.78, 5) is 11.8. The minimum absolute atomic E-state index is 0.269. The van der Waals surface area contributed by atoms with Crippen LogP contribution in [0.1, 0.15) is 36.8 Å². The van der Waals surface area contributed by atoms with E-state index in [0.29, 0.717) is 18.8 Å². The second-order valence-corrected chi connectivity index (χ2v) is 4.97. The molecule has 0 aliphatic carbocycles. The summed E-state index contributed by atoms with van der Waals surface area (Å²) in [6.07, 6.45) is 1.84. The van der Waals surface area contributed by atoms with Gasteiger partial charge in [-0.15, -0.1) is 0 Å². The highest BCUT2D eigenvalue weighted by atomic mass is 16.6. The SMILES string of the molecule is CC(C)(C)OC(=O)c1cc2n(c1)CCOC2. The van der Waals surface area contributed by atoms with Crippen LogP contribution in [0.3, 0.4) is 0 Å². The van der Waals surface area contributed by atoms with Gasteiger partial charge in [0.15, 0.2) is 0 Å². The molecule has 16 heavy (non-hydrogen) atoms. The zero-order valence-corrected chi connectivity index (χ0v) is 9.95. The van der Waals surface area contributed by atoms with E-state index in [-0.39, 0.29) is 5.97 Å². The summed E-state index contributed by atoms with van der Waals surface area (Å²) in [6, 6.07) is 1.84. The number of carbonyl (C=O) groups is 1. The van der Waals surface area contributed by atoms with Gasteiger partial charge in [-0.1, -0.05) is 0 Å². The number of rotatable bonds is 1. The van der Waals surface area contributed by atoms with Crippen molar-refractivity contribution in [2.45, 2.75) is 39.5 Å². The number of fused-ring (bicyclic) bond motifs is 1. The molecule has 0 atom stereocenters. The molecule has 4 heteroatoms. The van der Waals surface area contributed by atoms with Crippen LogP contribution in [0.4, 0.5) is 0 Å². The van der Waals surface area contributed by atoms with Crippen molar-refractivity contribution in [3.63, 3.8) is 0 Å². The lowest BCUT2D eigenvalue weighted by Crippen LogP contribution is -2.23. The van der Waals surface area contributed by atoms with Crippen LogP contribution >= 0.6 is 0 Å². The second kappa shape index (κ2) is 3.94. The van der Waals surface area contributed by atoms with Gasteiger partial charge in [-0.05, 0) is 26.8 Å². The topological polar surface area (TPSA) is 40.5 Å². The van der Waals surface area contributed by atoms with Gasteiger partial charge < -0.3 is 14.0 Å². The minimum atomic E-state index is -0.448. The van der Waals surface area contributed by atoms with Gasteiger partial charge in [0, 0.05) is 18.4 Å². The quantitative estimate of drug-likeness (QED) is 0.683. The molecule has 2 rings (SSSR count).